The van der Waals surface area contributed by atoms with Crippen LogP contribution in [-0.4, -0.2) is 9.78 Å². The summed E-state index contributed by atoms with van der Waals surface area (Å²) < 4.78 is 1.51. The van der Waals surface area contributed by atoms with Gasteiger partial charge in [0.15, 0.2) is 0 Å². The molecule has 3 rings (SSSR count). The summed E-state index contributed by atoms with van der Waals surface area (Å²) in [6, 6.07) is 15.7. The number of rotatable bonds is 2. The molecule has 3 nitrogen and oxygen atoms in total. The zero-order valence-corrected chi connectivity index (χ0v) is 10.7. The van der Waals surface area contributed by atoms with E-state index in [1.54, 1.807) is 6.20 Å². The minimum absolute atomic E-state index is 0.0429. The molecular formula is C16H14N2O. The molecule has 0 N–H and O–H groups in total. The molecule has 0 atom stereocenters. The molecule has 0 aliphatic carbocycles. The van der Waals surface area contributed by atoms with E-state index in [1.807, 2.05) is 55.5 Å². The molecule has 0 fully saturated rings. The maximum absolute atomic E-state index is 12.3. The highest BCUT2D eigenvalue weighted by molar-refractivity contribution is 5.80. The zero-order chi connectivity index (χ0) is 13.2. The maximum Gasteiger partial charge on any atom is 0.274 e. The van der Waals surface area contributed by atoms with Gasteiger partial charge in [-0.25, -0.2) is 4.68 Å². The van der Waals surface area contributed by atoms with Crippen molar-refractivity contribution >= 4 is 10.8 Å². The Labute approximate surface area is 111 Å². The second-order valence-corrected chi connectivity index (χ2v) is 4.68. The van der Waals surface area contributed by atoms with E-state index in [4.69, 9.17) is 0 Å². The zero-order valence-electron chi connectivity index (χ0n) is 10.7. The van der Waals surface area contributed by atoms with Gasteiger partial charge in [0.25, 0.3) is 5.56 Å². The summed E-state index contributed by atoms with van der Waals surface area (Å²) in [4.78, 5) is 12.3. The molecule has 0 saturated heterocycles. The summed E-state index contributed by atoms with van der Waals surface area (Å²) in [7, 11) is 0. The van der Waals surface area contributed by atoms with Crippen LogP contribution in [0.15, 0.2) is 59.5 Å². The number of benzene rings is 2. The lowest BCUT2D eigenvalue weighted by Gasteiger charge is -2.06. The fourth-order valence-corrected chi connectivity index (χ4v) is 2.11. The second kappa shape index (κ2) is 4.69. The highest BCUT2D eigenvalue weighted by atomic mass is 16.1. The van der Waals surface area contributed by atoms with E-state index in [1.165, 1.54) is 10.2 Å². The second-order valence-electron chi connectivity index (χ2n) is 4.68. The smallest absolute Gasteiger partial charge is 0.267 e. The highest BCUT2D eigenvalue weighted by Gasteiger charge is 2.03. The summed E-state index contributed by atoms with van der Waals surface area (Å²) in [6.07, 6.45) is 1.74. The van der Waals surface area contributed by atoms with Gasteiger partial charge in [0.2, 0.25) is 0 Å². The molecule has 94 valence electrons. The van der Waals surface area contributed by atoms with E-state index in [0.717, 1.165) is 10.9 Å². The van der Waals surface area contributed by atoms with Crippen molar-refractivity contribution < 1.29 is 0 Å². The molecule has 3 aromatic rings. The van der Waals surface area contributed by atoms with Gasteiger partial charge in [-0.05, 0) is 18.6 Å². The fraction of sp³-hybridized carbons (Fsp3) is 0.125. The van der Waals surface area contributed by atoms with Gasteiger partial charge in [0.05, 0.1) is 18.1 Å². The summed E-state index contributed by atoms with van der Waals surface area (Å²) in [5, 5.41) is 5.82. The van der Waals surface area contributed by atoms with Crippen LogP contribution in [0.1, 0.15) is 11.1 Å². The van der Waals surface area contributed by atoms with Crippen molar-refractivity contribution in [1.82, 2.24) is 9.78 Å². The van der Waals surface area contributed by atoms with E-state index >= 15 is 0 Å². The summed E-state index contributed by atoms with van der Waals surface area (Å²) in [5.41, 5.74) is 2.25. The van der Waals surface area contributed by atoms with Crippen LogP contribution in [0.3, 0.4) is 0 Å². The SMILES string of the molecule is Cc1ccc(Cn2ncc3ccccc3c2=O)cc1. The van der Waals surface area contributed by atoms with Gasteiger partial charge in [0.1, 0.15) is 0 Å². The third-order valence-electron chi connectivity index (χ3n) is 3.21. The Kier molecular flexibility index (Phi) is 2.88. The number of aryl methyl sites for hydroxylation is 1. The molecule has 0 bridgehead atoms. The lowest BCUT2D eigenvalue weighted by Crippen LogP contribution is -2.23. The molecule has 1 heterocycles. The Bertz CT molecular complexity index is 773. The predicted molar refractivity (Wildman–Crippen MR) is 76.3 cm³/mol. The Morgan fingerprint density at radius 1 is 1.05 bits per heavy atom. The van der Waals surface area contributed by atoms with Crippen molar-refractivity contribution in [2.24, 2.45) is 0 Å². The fourth-order valence-electron chi connectivity index (χ4n) is 2.11. The number of aromatic nitrogens is 2. The predicted octanol–water partition coefficient (Wildman–Crippen LogP) is 2.75. The Morgan fingerprint density at radius 3 is 2.58 bits per heavy atom. The number of fused-ring (bicyclic) bond motifs is 1. The Morgan fingerprint density at radius 2 is 1.79 bits per heavy atom. The first kappa shape index (κ1) is 11.7. The highest BCUT2D eigenvalue weighted by Crippen LogP contribution is 2.08. The van der Waals surface area contributed by atoms with Crippen molar-refractivity contribution in [3.8, 4) is 0 Å². The first-order chi connectivity index (χ1) is 9.24. The van der Waals surface area contributed by atoms with Gasteiger partial charge in [0, 0.05) is 5.39 Å². The molecule has 0 unspecified atom stereocenters. The van der Waals surface area contributed by atoms with Gasteiger partial charge >= 0.3 is 0 Å². The molecule has 2 aromatic carbocycles. The van der Waals surface area contributed by atoms with Crippen molar-refractivity contribution in [1.29, 1.82) is 0 Å². The molecule has 0 aliphatic heterocycles. The first-order valence-corrected chi connectivity index (χ1v) is 6.24. The summed E-state index contributed by atoms with van der Waals surface area (Å²) in [5.74, 6) is 0. The first-order valence-electron chi connectivity index (χ1n) is 6.24. The molecule has 0 saturated carbocycles. The van der Waals surface area contributed by atoms with E-state index in [9.17, 15) is 4.79 Å². The van der Waals surface area contributed by atoms with Gasteiger partial charge in [-0.15, -0.1) is 0 Å². The Balaban J connectivity index is 2.04. The number of nitrogens with zero attached hydrogens (tertiary/aromatic N) is 2. The molecule has 0 aliphatic rings. The van der Waals surface area contributed by atoms with Crippen molar-refractivity contribution in [3.63, 3.8) is 0 Å². The van der Waals surface area contributed by atoms with Gasteiger partial charge in [-0.2, -0.15) is 5.10 Å². The molecule has 1 aromatic heterocycles. The minimum atomic E-state index is -0.0429. The van der Waals surface area contributed by atoms with Crippen LogP contribution in [0.2, 0.25) is 0 Å². The molecular weight excluding hydrogens is 236 g/mol. The van der Waals surface area contributed by atoms with Crippen LogP contribution in [0.5, 0.6) is 0 Å². The largest absolute Gasteiger partial charge is 0.274 e. The van der Waals surface area contributed by atoms with Crippen molar-refractivity contribution in [2.75, 3.05) is 0 Å². The van der Waals surface area contributed by atoms with Gasteiger partial charge < -0.3 is 0 Å². The van der Waals surface area contributed by atoms with Crippen molar-refractivity contribution in [3.05, 3.63) is 76.2 Å². The normalized spacial score (nSPS) is 10.8. The maximum atomic E-state index is 12.3. The Hall–Kier alpha value is -2.42. The van der Waals surface area contributed by atoms with E-state index < -0.39 is 0 Å². The topological polar surface area (TPSA) is 34.9 Å². The molecule has 0 radical (unpaired) electrons. The van der Waals surface area contributed by atoms with Crippen LogP contribution in [0.4, 0.5) is 0 Å². The monoisotopic (exact) mass is 250 g/mol. The van der Waals surface area contributed by atoms with E-state index in [0.29, 0.717) is 11.9 Å². The summed E-state index contributed by atoms with van der Waals surface area (Å²) in [6.45, 7) is 2.55. The van der Waals surface area contributed by atoms with Crippen LogP contribution < -0.4 is 5.56 Å². The van der Waals surface area contributed by atoms with Crippen LogP contribution in [-0.2, 0) is 6.54 Å². The quantitative estimate of drug-likeness (QED) is 0.701. The minimum Gasteiger partial charge on any atom is -0.267 e. The molecule has 0 amide bonds. The van der Waals surface area contributed by atoms with E-state index in [-0.39, 0.29) is 5.56 Å². The lowest BCUT2D eigenvalue weighted by molar-refractivity contribution is 0.647. The van der Waals surface area contributed by atoms with E-state index in [2.05, 4.69) is 5.10 Å². The lowest BCUT2D eigenvalue weighted by atomic mass is 10.1. The van der Waals surface area contributed by atoms with Crippen molar-refractivity contribution in [2.45, 2.75) is 13.5 Å². The average molecular weight is 250 g/mol. The summed E-state index contributed by atoms with van der Waals surface area (Å²) >= 11 is 0. The number of hydrogen-bond acceptors (Lipinski definition) is 2. The molecule has 19 heavy (non-hydrogen) atoms. The van der Waals surface area contributed by atoms with Crippen LogP contribution >= 0.6 is 0 Å². The van der Waals surface area contributed by atoms with Crippen LogP contribution in [0.25, 0.3) is 10.8 Å². The van der Waals surface area contributed by atoms with Crippen LogP contribution in [0, 0.1) is 6.92 Å². The number of hydrogen-bond donors (Lipinski definition) is 0. The third-order valence-corrected chi connectivity index (χ3v) is 3.21. The standard InChI is InChI=1S/C16H14N2O/c1-12-6-8-13(9-7-12)11-18-16(19)15-5-3-2-4-14(15)10-17-18/h2-10H,11H2,1H3. The average Bonchev–Trinajstić information content (AvgIpc) is 2.45. The third kappa shape index (κ3) is 2.27. The molecule has 3 heteroatoms. The molecule has 0 spiro atoms. The van der Waals surface area contributed by atoms with Gasteiger partial charge in [-0.1, -0.05) is 48.0 Å². The van der Waals surface area contributed by atoms with Gasteiger partial charge in [-0.3, -0.25) is 4.79 Å².